The molecular weight excluding hydrogens is 246 g/mol. The van der Waals surface area contributed by atoms with Gasteiger partial charge < -0.3 is 10.2 Å². The molecule has 2 aliphatic rings. The minimum absolute atomic E-state index is 0.0191. The first-order valence-corrected chi connectivity index (χ1v) is 6.97. The van der Waals surface area contributed by atoms with Gasteiger partial charge in [0.2, 0.25) is 0 Å². The summed E-state index contributed by atoms with van der Waals surface area (Å²) in [6.45, 7) is 5.78. The van der Waals surface area contributed by atoms with Crippen LogP contribution in [0.25, 0.3) is 0 Å². The second-order valence-electron chi connectivity index (χ2n) is 6.12. The van der Waals surface area contributed by atoms with Gasteiger partial charge in [-0.05, 0) is 44.7 Å². The fourth-order valence-electron chi connectivity index (χ4n) is 3.09. The molecule has 0 amide bonds. The summed E-state index contributed by atoms with van der Waals surface area (Å²) in [6, 6.07) is 4.60. The highest BCUT2D eigenvalue weighted by Gasteiger charge is 2.45. The van der Waals surface area contributed by atoms with Crippen molar-refractivity contribution >= 4 is 5.69 Å². The third-order valence-corrected chi connectivity index (χ3v) is 4.55. The SMILES string of the molecule is CC1CNC(C)(C2CC2)CN1c1cccc(F)c1F. The highest BCUT2D eigenvalue weighted by Crippen LogP contribution is 2.42. The first-order chi connectivity index (χ1) is 9.01. The maximum atomic E-state index is 14.0. The lowest BCUT2D eigenvalue weighted by Gasteiger charge is -2.46. The first kappa shape index (κ1) is 12.9. The van der Waals surface area contributed by atoms with Crippen LogP contribution < -0.4 is 10.2 Å². The van der Waals surface area contributed by atoms with Crippen molar-refractivity contribution in [1.82, 2.24) is 5.32 Å². The second-order valence-corrected chi connectivity index (χ2v) is 6.12. The van der Waals surface area contributed by atoms with Gasteiger partial charge in [0, 0.05) is 24.7 Å². The summed E-state index contributed by atoms with van der Waals surface area (Å²) in [6.07, 6.45) is 2.47. The van der Waals surface area contributed by atoms with E-state index in [0.717, 1.165) is 13.1 Å². The number of piperazine rings is 1. The molecule has 1 aliphatic heterocycles. The van der Waals surface area contributed by atoms with Gasteiger partial charge in [-0.3, -0.25) is 0 Å². The van der Waals surface area contributed by atoms with Crippen LogP contribution in [0.2, 0.25) is 0 Å². The average Bonchev–Trinajstić information content (AvgIpc) is 3.21. The normalized spacial score (nSPS) is 31.6. The molecule has 3 rings (SSSR count). The Kier molecular flexibility index (Phi) is 3.01. The number of hydrogen-bond acceptors (Lipinski definition) is 2. The molecule has 0 spiro atoms. The molecule has 0 radical (unpaired) electrons. The maximum Gasteiger partial charge on any atom is 0.182 e. The van der Waals surface area contributed by atoms with E-state index in [1.165, 1.54) is 18.9 Å². The molecule has 1 aromatic rings. The minimum atomic E-state index is -0.767. The Bertz CT molecular complexity index is 487. The Labute approximate surface area is 112 Å². The molecule has 2 fully saturated rings. The van der Waals surface area contributed by atoms with E-state index >= 15 is 0 Å². The number of rotatable bonds is 2. The Hall–Kier alpha value is -1.16. The summed E-state index contributed by atoms with van der Waals surface area (Å²) >= 11 is 0. The van der Waals surface area contributed by atoms with Crippen LogP contribution in [-0.4, -0.2) is 24.7 Å². The molecule has 1 N–H and O–H groups in total. The van der Waals surface area contributed by atoms with E-state index < -0.39 is 11.6 Å². The van der Waals surface area contributed by atoms with E-state index in [1.54, 1.807) is 12.1 Å². The number of nitrogens with zero attached hydrogens (tertiary/aromatic N) is 1. The van der Waals surface area contributed by atoms with E-state index in [0.29, 0.717) is 11.6 Å². The first-order valence-electron chi connectivity index (χ1n) is 6.97. The monoisotopic (exact) mass is 266 g/mol. The fraction of sp³-hybridized carbons (Fsp3) is 0.600. The third kappa shape index (κ3) is 2.22. The third-order valence-electron chi connectivity index (χ3n) is 4.55. The van der Waals surface area contributed by atoms with Crippen LogP contribution in [0.1, 0.15) is 26.7 Å². The molecule has 1 saturated carbocycles. The maximum absolute atomic E-state index is 14.0. The predicted molar refractivity (Wildman–Crippen MR) is 72.3 cm³/mol. The zero-order valence-electron chi connectivity index (χ0n) is 11.4. The Morgan fingerprint density at radius 1 is 1.32 bits per heavy atom. The molecule has 104 valence electrons. The van der Waals surface area contributed by atoms with Crippen LogP contribution in [0.4, 0.5) is 14.5 Å². The zero-order chi connectivity index (χ0) is 13.6. The number of anilines is 1. The standard InChI is InChI=1S/C15H20F2N2/c1-10-8-18-15(2,11-6-7-11)9-19(10)13-5-3-4-12(16)14(13)17/h3-5,10-11,18H,6-9H2,1-2H3. The highest BCUT2D eigenvalue weighted by molar-refractivity contribution is 5.50. The lowest BCUT2D eigenvalue weighted by molar-refractivity contribution is 0.259. The fourth-order valence-corrected chi connectivity index (χ4v) is 3.09. The van der Waals surface area contributed by atoms with Gasteiger partial charge in [0.15, 0.2) is 11.6 Å². The summed E-state index contributed by atoms with van der Waals surface area (Å²) < 4.78 is 27.4. The van der Waals surface area contributed by atoms with Crippen molar-refractivity contribution in [2.24, 2.45) is 5.92 Å². The van der Waals surface area contributed by atoms with Crippen molar-refractivity contribution in [2.45, 2.75) is 38.3 Å². The van der Waals surface area contributed by atoms with Crippen LogP contribution in [-0.2, 0) is 0 Å². The Morgan fingerprint density at radius 2 is 2.05 bits per heavy atom. The summed E-state index contributed by atoms with van der Waals surface area (Å²) in [5.41, 5.74) is 0.409. The van der Waals surface area contributed by atoms with Crippen LogP contribution >= 0.6 is 0 Å². The van der Waals surface area contributed by atoms with Crippen molar-refractivity contribution < 1.29 is 8.78 Å². The molecule has 2 unspecified atom stereocenters. The highest BCUT2D eigenvalue weighted by atomic mass is 19.2. The molecule has 1 aromatic carbocycles. The second kappa shape index (κ2) is 4.44. The molecular formula is C15H20F2N2. The molecule has 2 atom stereocenters. The number of nitrogens with one attached hydrogen (secondary N) is 1. The molecule has 1 saturated heterocycles. The van der Waals surface area contributed by atoms with Crippen LogP contribution in [0.15, 0.2) is 18.2 Å². The summed E-state index contributed by atoms with van der Waals surface area (Å²) in [7, 11) is 0. The smallest absolute Gasteiger partial charge is 0.182 e. The van der Waals surface area contributed by atoms with Gasteiger partial charge in [-0.25, -0.2) is 8.78 Å². The van der Waals surface area contributed by atoms with E-state index in [1.807, 2.05) is 11.8 Å². The predicted octanol–water partition coefficient (Wildman–Crippen LogP) is 2.93. The van der Waals surface area contributed by atoms with Crippen molar-refractivity contribution in [3.63, 3.8) is 0 Å². The van der Waals surface area contributed by atoms with Gasteiger partial charge in [0.25, 0.3) is 0 Å². The molecule has 1 heterocycles. The molecule has 2 nitrogen and oxygen atoms in total. The molecule has 1 aliphatic carbocycles. The van der Waals surface area contributed by atoms with Crippen molar-refractivity contribution in [3.8, 4) is 0 Å². The zero-order valence-corrected chi connectivity index (χ0v) is 11.4. The topological polar surface area (TPSA) is 15.3 Å². The van der Waals surface area contributed by atoms with Gasteiger partial charge in [0.1, 0.15) is 0 Å². The number of benzene rings is 1. The molecule has 0 aromatic heterocycles. The Morgan fingerprint density at radius 3 is 2.74 bits per heavy atom. The summed E-state index contributed by atoms with van der Waals surface area (Å²) in [5.74, 6) is -0.829. The van der Waals surface area contributed by atoms with Gasteiger partial charge in [0.05, 0.1) is 5.69 Å². The van der Waals surface area contributed by atoms with Gasteiger partial charge in [-0.15, -0.1) is 0 Å². The quantitative estimate of drug-likeness (QED) is 0.885. The number of hydrogen-bond donors (Lipinski definition) is 1. The van der Waals surface area contributed by atoms with Gasteiger partial charge in [-0.2, -0.15) is 0 Å². The summed E-state index contributed by atoms with van der Waals surface area (Å²) in [5, 5.41) is 3.58. The van der Waals surface area contributed by atoms with Crippen LogP contribution in [0, 0.1) is 17.6 Å². The van der Waals surface area contributed by atoms with Crippen LogP contribution in [0.5, 0.6) is 0 Å². The Balaban J connectivity index is 1.91. The molecule has 19 heavy (non-hydrogen) atoms. The van der Waals surface area contributed by atoms with E-state index in [4.69, 9.17) is 0 Å². The van der Waals surface area contributed by atoms with E-state index in [-0.39, 0.29) is 11.6 Å². The number of halogens is 2. The lowest BCUT2D eigenvalue weighted by atomic mass is 9.91. The van der Waals surface area contributed by atoms with E-state index in [9.17, 15) is 8.78 Å². The molecule has 0 bridgehead atoms. The van der Waals surface area contributed by atoms with Crippen LogP contribution in [0.3, 0.4) is 0 Å². The van der Waals surface area contributed by atoms with E-state index in [2.05, 4.69) is 12.2 Å². The lowest BCUT2D eigenvalue weighted by Crippen LogP contribution is -2.63. The minimum Gasteiger partial charge on any atom is -0.363 e. The van der Waals surface area contributed by atoms with Crippen molar-refractivity contribution in [3.05, 3.63) is 29.8 Å². The van der Waals surface area contributed by atoms with Gasteiger partial charge in [-0.1, -0.05) is 6.07 Å². The van der Waals surface area contributed by atoms with Crippen molar-refractivity contribution in [1.29, 1.82) is 0 Å². The largest absolute Gasteiger partial charge is 0.363 e. The molecule has 4 heteroatoms. The average molecular weight is 266 g/mol. The van der Waals surface area contributed by atoms with Crippen molar-refractivity contribution in [2.75, 3.05) is 18.0 Å². The summed E-state index contributed by atoms with van der Waals surface area (Å²) in [4.78, 5) is 2.01. The van der Waals surface area contributed by atoms with Gasteiger partial charge >= 0.3 is 0 Å².